The first kappa shape index (κ1) is 17.1. The lowest BCUT2D eigenvalue weighted by molar-refractivity contribution is -0.187. The number of likely N-dealkylation sites (tertiary alicyclic amines) is 1. The Bertz CT molecular complexity index is 438. The molecular formula is C15H22F3N3O. The van der Waals surface area contributed by atoms with Crippen LogP contribution in [0.4, 0.5) is 13.2 Å². The van der Waals surface area contributed by atoms with E-state index in [1.807, 2.05) is 0 Å². The van der Waals surface area contributed by atoms with Crippen molar-refractivity contribution in [3.63, 3.8) is 0 Å². The summed E-state index contributed by atoms with van der Waals surface area (Å²) in [6.07, 6.45) is 0.470. The number of piperidine rings is 1. The highest BCUT2D eigenvalue weighted by atomic mass is 19.4. The smallest absolute Gasteiger partial charge is 0.337 e. The van der Waals surface area contributed by atoms with Crippen LogP contribution in [-0.2, 0) is 4.79 Å². The number of hydrogen-bond acceptors (Lipinski definition) is 3. The molecule has 1 N–H and O–H groups in total. The minimum atomic E-state index is -4.20. The molecule has 2 rings (SSSR count). The summed E-state index contributed by atoms with van der Waals surface area (Å²) in [5.74, 6) is -1.69. The maximum Gasteiger partial charge on any atom is 0.393 e. The third-order valence-corrected chi connectivity index (χ3v) is 4.64. The Morgan fingerprint density at radius 3 is 2.55 bits per heavy atom. The highest BCUT2D eigenvalue weighted by molar-refractivity contribution is 5.79. The topological polar surface area (TPSA) is 56.1 Å². The second-order valence-corrected chi connectivity index (χ2v) is 6.42. The van der Waals surface area contributed by atoms with Crippen LogP contribution in [0.1, 0.15) is 44.9 Å². The molecule has 1 saturated carbocycles. The van der Waals surface area contributed by atoms with Gasteiger partial charge in [-0.05, 0) is 32.2 Å². The minimum Gasteiger partial charge on any atom is -0.337 e. The first-order valence-electron chi connectivity index (χ1n) is 7.86. The van der Waals surface area contributed by atoms with Gasteiger partial charge in [-0.1, -0.05) is 19.3 Å². The molecule has 0 spiro atoms. The zero-order valence-corrected chi connectivity index (χ0v) is 12.6. The van der Waals surface area contributed by atoms with Crippen LogP contribution < -0.4 is 5.32 Å². The third kappa shape index (κ3) is 4.35. The Labute approximate surface area is 128 Å². The van der Waals surface area contributed by atoms with Gasteiger partial charge in [0.1, 0.15) is 5.54 Å². The van der Waals surface area contributed by atoms with Crippen LogP contribution in [-0.4, -0.2) is 42.2 Å². The molecule has 0 bridgehead atoms. The minimum absolute atomic E-state index is 0.0595. The predicted molar refractivity (Wildman–Crippen MR) is 74.8 cm³/mol. The van der Waals surface area contributed by atoms with Gasteiger partial charge < -0.3 is 5.32 Å². The Morgan fingerprint density at radius 1 is 1.27 bits per heavy atom. The summed E-state index contributed by atoms with van der Waals surface area (Å²) < 4.78 is 38.3. The van der Waals surface area contributed by atoms with E-state index in [1.54, 1.807) is 4.90 Å². The van der Waals surface area contributed by atoms with E-state index < -0.39 is 17.6 Å². The van der Waals surface area contributed by atoms with Crippen molar-refractivity contribution in [1.82, 2.24) is 10.2 Å². The molecule has 1 amide bonds. The highest BCUT2D eigenvalue weighted by Gasteiger charge is 2.42. The second kappa shape index (κ2) is 6.86. The monoisotopic (exact) mass is 317 g/mol. The van der Waals surface area contributed by atoms with Gasteiger partial charge in [-0.2, -0.15) is 18.4 Å². The molecule has 0 radical (unpaired) electrons. The van der Waals surface area contributed by atoms with E-state index >= 15 is 0 Å². The molecule has 0 aromatic carbocycles. The lowest BCUT2D eigenvalue weighted by Crippen LogP contribution is -2.53. The number of carbonyl (C=O) groups excluding carboxylic acids is 1. The van der Waals surface area contributed by atoms with Crippen molar-refractivity contribution < 1.29 is 18.0 Å². The molecule has 22 heavy (non-hydrogen) atoms. The molecule has 1 saturated heterocycles. The first-order chi connectivity index (χ1) is 10.3. The van der Waals surface area contributed by atoms with Gasteiger partial charge in [0.2, 0.25) is 5.91 Å². The summed E-state index contributed by atoms with van der Waals surface area (Å²) in [6, 6.07) is 2.19. The first-order valence-corrected chi connectivity index (χ1v) is 7.86. The average Bonchev–Trinajstić information content (AvgIpc) is 2.47. The Kier molecular flexibility index (Phi) is 5.32. The van der Waals surface area contributed by atoms with E-state index in [0.717, 1.165) is 19.3 Å². The van der Waals surface area contributed by atoms with Crippen molar-refractivity contribution in [3.8, 4) is 6.07 Å². The van der Waals surface area contributed by atoms with Gasteiger partial charge in [0.05, 0.1) is 18.5 Å². The summed E-state index contributed by atoms with van der Waals surface area (Å²) in [4.78, 5) is 13.7. The van der Waals surface area contributed by atoms with E-state index in [0.29, 0.717) is 25.8 Å². The summed E-state index contributed by atoms with van der Waals surface area (Å²) in [5.41, 5.74) is -0.825. The molecule has 4 nitrogen and oxygen atoms in total. The molecule has 1 aliphatic heterocycles. The molecule has 2 aliphatic rings. The van der Waals surface area contributed by atoms with Crippen LogP contribution in [0.5, 0.6) is 0 Å². The number of alkyl halides is 3. The van der Waals surface area contributed by atoms with Gasteiger partial charge in [-0.15, -0.1) is 0 Å². The van der Waals surface area contributed by atoms with Gasteiger partial charge in [0.15, 0.2) is 0 Å². The van der Waals surface area contributed by atoms with E-state index in [4.69, 9.17) is 0 Å². The maximum atomic E-state index is 12.8. The van der Waals surface area contributed by atoms with Crippen LogP contribution in [0.25, 0.3) is 0 Å². The van der Waals surface area contributed by atoms with Gasteiger partial charge in [0.25, 0.3) is 0 Å². The fourth-order valence-electron chi connectivity index (χ4n) is 3.40. The van der Waals surface area contributed by atoms with Crippen LogP contribution in [0, 0.1) is 17.2 Å². The number of nitrogens with zero attached hydrogens (tertiary/aromatic N) is 2. The van der Waals surface area contributed by atoms with Crippen molar-refractivity contribution in [3.05, 3.63) is 0 Å². The van der Waals surface area contributed by atoms with E-state index in [2.05, 4.69) is 11.4 Å². The van der Waals surface area contributed by atoms with E-state index in [1.165, 1.54) is 0 Å². The van der Waals surface area contributed by atoms with Crippen molar-refractivity contribution >= 4 is 5.91 Å². The summed E-state index contributed by atoms with van der Waals surface area (Å²) in [6.45, 7) is 0.312. The number of nitrogens with one attached hydrogen (secondary N) is 1. The van der Waals surface area contributed by atoms with Crippen molar-refractivity contribution in [2.75, 3.05) is 19.6 Å². The molecular weight excluding hydrogens is 295 g/mol. The SMILES string of the molecule is N#CC1(NC(=O)CN2CCC[C@@H](C(F)(F)F)C2)CCCCC1. The predicted octanol–water partition coefficient (Wildman–Crippen LogP) is 2.60. The Morgan fingerprint density at radius 2 is 1.95 bits per heavy atom. The zero-order chi connectivity index (χ0) is 16.2. The maximum absolute atomic E-state index is 12.8. The molecule has 7 heteroatoms. The van der Waals surface area contributed by atoms with Crippen LogP contribution in [0.15, 0.2) is 0 Å². The molecule has 0 aromatic rings. The molecule has 0 unspecified atom stereocenters. The molecule has 2 fully saturated rings. The summed E-state index contributed by atoms with van der Waals surface area (Å²) in [7, 11) is 0. The van der Waals surface area contributed by atoms with Gasteiger partial charge in [-0.25, -0.2) is 0 Å². The number of rotatable bonds is 3. The van der Waals surface area contributed by atoms with Gasteiger partial charge in [-0.3, -0.25) is 9.69 Å². The second-order valence-electron chi connectivity index (χ2n) is 6.42. The largest absolute Gasteiger partial charge is 0.393 e. The fourth-order valence-corrected chi connectivity index (χ4v) is 3.40. The van der Waals surface area contributed by atoms with Gasteiger partial charge in [0, 0.05) is 6.54 Å². The molecule has 1 aliphatic carbocycles. The average molecular weight is 317 g/mol. The van der Waals surface area contributed by atoms with Crippen molar-refractivity contribution in [2.24, 2.45) is 5.92 Å². The highest BCUT2D eigenvalue weighted by Crippen LogP contribution is 2.33. The lowest BCUT2D eigenvalue weighted by Gasteiger charge is -2.35. The van der Waals surface area contributed by atoms with Crippen LogP contribution >= 0.6 is 0 Å². The third-order valence-electron chi connectivity index (χ3n) is 4.64. The van der Waals surface area contributed by atoms with Crippen LogP contribution in [0.2, 0.25) is 0 Å². The molecule has 1 heterocycles. The Balaban J connectivity index is 1.87. The molecule has 1 atom stereocenters. The lowest BCUT2D eigenvalue weighted by atomic mass is 9.83. The molecule has 0 aromatic heterocycles. The summed E-state index contributed by atoms with van der Waals surface area (Å²) in [5, 5.41) is 12.1. The van der Waals surface area contributed by atoms with E-state index in [-0.39, 0.29) is 25.4 Å². The number of carbonyl (C=O) groups is 1. The summed E-state index contributed by atoms with van der Waals surface area (Å²) >= 11 is 0. The standard InChI is InChI=1S/C15H22F3N3O/c16-15(17,18)12-5-4-8-21(9-12)10-13(22)20-14(11-19)6-2-1-3-7-14/h12H,1-10H2,(H,20,22)/t12-/m1/s1. The number of hydrogen-bond donors (Lipinski definition) is 1. The number of halogens is 3. The fraction of sp³-hybridized carbons (Fsp3) is 0.867. The normalized spacial score (nSPS) is 26.2. The van der Waals surface area contributed by atoms with E-state index in [9.17, 15) is 23.2 Å². The Hall–Kier alpha value is -1.29. The van der Waals surface area contributed by atoms with Crippen molar-refractivity contribution in [1.29, 1.82) is 5.26 Å². The van der Waals surface area contributed by atoms with Gasteiger partial charge >= 0.3 is 6.18 Å². The molecule has 124 valence electrons. The zero-order valence-electron chi connectivity index (χ0n) is 12.6. The quantitative estimate of drug-likeness (QED) is 0.870. The van der Waals surface area contributed by atoms with Crippen molar-refractivity contribution in [2.45, 2.75) is 56.7 Å². The van der Waals surface area contributed by atoms with Crippen LogP contribution in [0.3, 0.4) is 0 Å². The number of amides is 1. The number of nitriles is 1.